The van der Waals surface area contributed by atoms with Crippen molar-refractivity contribution in [1.82, 2.24) is 24.1 Å². The summed E-state index contributed by atoms with van der Waals surface area (Å²) >= 11 is 0. The van der Waals surface area contributed by atoms with Crippen LogP contribution >= 0.6 is 0 Å². The molecule has 0 saturated carbocycles. The van der Waals surface area contributed by atoms with Crippen LogP contribution < -0.4 is 11.2 Å². The molecule has 0 aliphatic carbocycles. The number of rotatable bonds is 3. The van der Waals surface area contributed by atoms with Gasteiger partial charge in [0.05, 0.1) is 6.54 Å². The summed E-state index contributed by atoms with van der Waals surface area (Å²) in [4.78, 5) is 38.5. The van der Waals surface area contributed by atoms with Crippen LogP contribution in [0.3, 0.4) is 0 Å². The van der Waals surface area contributed by atoms with Crippen molar-refractivity contribution in [3.63, 3.8) is 0 Å². The van der Waals surface area contributed by atoms with E-state index in [0.717, 1.165) is 16.7 Å². The lowest BCUT2D eigenvalue weighted by atomic mass is 10.1. The maximum atomic E-state index is 12.9. The standard InChI is InChI=1S/C20H17N5O2/c1-13-5-3-6-14(9-13)12-25-19(26)16-11-22-17(15-7-4-8-21-10-15)23-18(16)24(2)20(25)27/h3-11H,12H2,1-2H3. The Morgan fingerprint density at radius 1 is 1.07 bits per heavy atom. The molecule has 0 radical (unpaired) electrons. The molecule has 4 aromatic rings. The Morgan fingerprint density at radius 2 is 1.93 bits per heavy atom. The Morgan fingerprint density at radius 3 is 2.67 bits per heavy atom. The minimum atomic E-state index is -0.412. The van der Waals surface area contributed by atoms with Crippen LogP contribution in [0, 0.1) is 6.92 Å². The van der Waals surface area contributed by atoms with Crippen LogP contribution in [0.15, 0.2) is 64.6 Å². The molecule has 0 bridgehead atoms. The third-order valence-electron chi connectivity index (χ3n) is 4.42. The molecular weight excluding hydrogens is 342 g/mol. The quantitative estimate of drug-likeness (QED) is 0.558. The molecule has 0 unspecified atom stereocenters. The predicted molar refractivity (Wildman–Crippen MR) is 103 cm³/mol. The number of hydrogen-bond acceptors (Lipinski definition) is 5. The Balaban J connectivity index is 1.89. The molecule has 0 N–H and O–H groups in total. The molecule has 134 valence electrons. The van der Waals surface area contributed by atoms with E-state index in [9.17, 15) is 9.59 Å². The highest BCUT2D eigenvalue weighted by atomic mass is 16.2. The van der Waals surface area contributed by atoms with Gasteiger partial charge >= 0.3 is 5.69 Å². The van der Waals surface area contributed by atoms with Crippen molar-refractivity contribution in [3.05, 3.63) is 87.0 Å². The summed E-state index contributed by atoms with van der Waals surface area (Å²) in [6.07, 6.45) is 4.77. The third kappa shape index (κ3) is 3.03. The average molecular weight is 359 g/mol. The third-order valence-corrected chi connectivity index (χ3v) is 4.42. The van der Waals surface area contributed by atoms with Gasteiger partial charge in [0.15, 0.2) is 11.5 Å². The second kappa shape index (κ2) is 6.60. The number of aromatic nitrogens is 5. The van der Waals surface area contributed by atoms with Crippen LogP contribution in [-0.2, 0) is 13.6 Å². The second-order valence-electron chi connectivity index (χ2n) is 6.39. The van der Waals surface area contributed by atoms with Gasteiger partial charge in [-0.05, 0) is 24.6 Å². The van der Waals surface area contributed by atoms with Crippen molar-refractivity contribution in [2.24, 2.45) is 7.05 Å². The van der Waals surface area contributed by atoms with Crippen LogP contribution in [-0.4, -0.2) is 24.1 Å². The Hall–Kier alpha value is -3.61. The first-order valence-electron chi connectivity index (χ1n) is 8.47. The second-order valence-corrected chi connectivity index (χ2v) is 6.39. The van der Waals surface area contributed by atoms with Crippen LogP contribution in [0.1, 0.15) is 11.1 Å². The van der Waals surface area contributed by atoms with Crippen LogP contribution in [0.5, 0.6) is 0 Å². The van der Waals surface area contributed by atoms with E-state index in [-0.39, 0.29) is 6.54 Å². The minimum absolute atomic E-state index is 0.202. The first-order valence-corrected chi connectivity index (χ1v) is 8.47. The zero-order valence-corrected chi connectivity index (χ0v) is 15.0. The van der Waals surface area contributed by atoms with Gasteiger partial charge in [0, 0.05) is 31.2 Å². The highest BCUT2D eigenvalue weighted by Gasteiger charge is 2.14. The van der Waals surface area contributed by atoms with E-state index in [1.165, 1.54) is 15.3 Å². The molecule has 3 heterocycles. The fourth-order valence-corrected chi connectivity index (χ4v) is 3.05. The summed E-state index contributed by atoms with van der Waals surface area (Å²) in [7, 11) is 1.61. The average Bonchev–Trinajstić information content (AvgIpc) is 2.70. The molecule has 0 aliphatic rings. The SMILES string of the molecule is Cc1cccc(Cn2c(=O)c3cnc(-c4cccnc4)nc3n(C)c2=O)c1. The fourth-order valence-electron chi connectivity index (χ4n) is 3.05. The fraction of sp³-hybridized carbons (Fsp3) is 0.150. The lowest BCUT2D eigenvalue weighted by Gasteiger charge is -2.11. The monoisotopic (exact) mass is 359 g/mol. The summed E-state index contributed by atoms with van der Waals surface area (Å²) in [5, 5.41) is 0.303. The van der Waals surface area contributed by atoms with Crippen molar-refractivity contribution in [2.75, 3.05) is 0 Å². The number of aryl methyl sites for hydroxylation is 2. The van der Waals surface area contributed by atoms with Crippen molar-refractivity contribution in [3.8, 4) is 11.4 Å². The van der Waals surface area contributed by atoms with E-state index >= 15 is 0 Å². The van der Waals surface area contributed by atoms with Gasteiger partial charge in [0.2, 0.25) is 0 Å². The van der Waals surface area contributed by atoms with E-state index in [4.69, 9.17) is 0 Å². The predicted octanol–water partition coefficient (Wildman–Crippen LogP) is 1.91. The number of pyridine rings is 1. The van der Waals surface area contributed by atoms with Gasteiger partial charge < -0.3 is 0 Å². The van der Waals surface area contributed by atoms with E-state index < -0.39 is 11.2 Å². The number of hydrogen-bond donors (Lipinski definition) is 0. The van der Waals surface area contributed by atoms with Crippen molar-refractivity contribution in [2.45, 2.75) is 13.5 Å². The first-order chi connectivity index (χ1) is 13.0. The molecule has 0 saturated heterocycles. The Kier molecular flexibility index (Phi) is 4.12. The topological polar surface area (TPSA) is 82.7 Å². The lowest BCUT2D eigenvalue weighted by Crippen LogP contribution is -2.39. The van der Waals surface area contributed by atoms with Gasteiger partial charge in [-0.2, -0.15) is 0 Å². The van der Waals surface area contributed by atoms with Gasteiger partial charge in [-0.1, -0.05) is 29.8 Å². The molecule has 27 heavy (non-hydrogen) atoms. The summed E-state index contributed by atoms with van der Waals surface area (Å²) in [5.41, 5.74) is 2.18. The summed E-state index contributed by atoms with van der Waals surface area (Å²) in [5.74, 6) is 0.418. The minimum Gasteiger partial charge on any atom is -0.280 e. The first kappa shape index (κ1) is 16.8. The summed E-state index contributed by atoms with van der Waals surface area (Å²) in [6, 6.07) is 11.3. The molecule has 0 amide bonds. The van der Waals surface area contributed by atoms with Crippen LogP contribution in [0.25, 0.3) is 22.4 Å². The van der Waals surface area contributed by atoms with Gasteiger partial charge in [0.25, 0.3) is 5.56 Å². The molecule has 0 spiro atoms. The molecule has 1 aromatic carbocycles. The van der Waals surface area contributed by atoms with Gasteiger partial charge in [0.1, 0.15) is 5.39 Å². The molecular formula is C20H17N5O2. The zero-order valence-electron chi connectivity index (χ0n) is 15.0. The van der Waals surface area contributed by atoms with E-state index in [1.807, 2.05) is 37.3 Å². The summed E-state index contributed by atoms with van der Waals surface area (Å²) in [6.45, 7) is 2.17. The van der Waals surface area contributed by atoms with E-state index in [0.29, 0.717) is 16.9 Å². The maximum absolute atomic E-state index is 12.9. The van der Waals surface area contributed by atoms with Crippen LogP contribution in [0.4, 0.5) is 0 Å². The highest BCUT2D eigenvalue weighted by Crippen LogP contribution is 2.14. The highest BCUT2D eigenvalue weighted by molar-refractivity contribution is 5.75. The Bertz CT molecular complexity index is 1260. The normalized spacial score (nSPS) is 11.0. The molecule has 4 rings (SSSR count). The van der Waals surface area contributed by atoms with Gasteiger partial charge in [-0.3, -0.25) is 18.9 Å². The molecule has 0 aliphatic heterocycles. The number of fused-ring (bicyclic) bond motifs is 1. The number of nitrogens with zero attached hydrogens (tertiary/aromatic N) is 5. The molecule has 3 aromatic heterocycles. The maximum Gasteiger partial charge on any atom is 0.332 e. The largest absolute Gasteiger partial charge is 0.332 e. The Labute approximate surface area is 154 Å². The van der Waals surface area contributed by atoms with Crippen LogP contribution in [0.2, 0.25) is 0 Å². The number of benzene rings is 1. The van der Waals surface area contributed by atoms with E-state index in [1.54, 1.807) is 25.5 Å². The van der Waals surface area contributed by atoms with Crippen molar-refractivity contribution in [1.29, 1.82) is 0 Å². The van der Waals surface area contributed by atoms with Crippen molar-refractivity contribution >= 4 is 11.0 Å². The lowest BCUT2D eigenvalue weighted by molar-refractivity contribution is 0.656. The molecule has 0 atom stereocenters. The molecule has 7 nitrogen and oxygen atoms in total. The zero-order chi connectivity index (χ0) is 19.0. The molecule has 0 fully saturated rings. The van der Waals surface area contributed by atoms with Gasteiger partial charge in [-0.15, -0.1) is 0 Å². The summed E-state index contributed by atoms with van der Waals surface area (Å²) < 4.78 is 2.60. The smallest absolute Gasteiger partial charge is 0.280 e. The van der Waals surface area contributed by atoms with Crippen molar-refractivity contribution < 1.29 is 0 Å². The van der Waals surface area contributed by atoms with Gasteiger partial charge in [-0.25, -0.2) is 14.8 Å². The molecule has 7 heteroatoms. The van der Waals surface area contributed by atoms with E-state index in [2.05, 4.69) is 15.0 Å².